The van der Waals surface area contributed by atoms with E-state index in [0.29, 0.717) is 6.61 Å². The van der Waals surface area contributed by atoms with Crippen LogP contribution in [0.5, 0.6) is 0 Å². The van der Waals surface area contributed by atoms with Crippen LogP contribution in [0.1, 0.15) is 37.3 Å². The lowest BCUT2D eigenvalue weighted by atomic mass is 9.88. The topological polar surface area (TPSA) is 105 Å². The molecule has 0 bridgehead atoms. The summed E-state index contributed by atoms with van der Waals surface area (Å²) < 4.78 is 10.8. The Bertz CT molecular complexity index is 1040. The van der Waals surface area contributed by atoms with Gasteiger partial charge >= 0.3 is 12.1 Å². The molecule has 8 heteroatoms. The second-order valence-electron chi connectivity index (χ2n) is 9.54. The minimum Gasteiger partial charge on any atom is -0.480 e. The first kappa shape index (κ1) is 23.8. The van der Waals surface area contributed by atoms with Crippen LogP contribution < -0.4 is 5.32 Å². The Hall–Kier alpha value is -3.39. The van der Waals surface area contributed by atoms with Gasteiger partial charge in [0.15, 0.2) is 6.04 Å². The van der Waals surface area contributed by atoms with E-state index in [1.54, 1.807) is 0 Å². The number of aliphatic carboxylic acids is 1. The van der Waals surface area contributed by atoms with Crippen molar-refractivity contribution < 1.29 is 29.0 Å². The van der Waals surface area contributed by atoms with Crippen molar-refractivity contribution in [1.29, 1.82) is 0 Å². The first-order valence-corrected chi connectivity index (χ1v) is 11.5. The average molecular weight is 467 g/mol. The van der Waals surface area contributed by atoms with Crippen LogP contribution in [0.3, 0.4) is 0 Å². The van der Waals surface area contributed by atoms with Crippen molar-refractivity contribution in [2.24, 2.45) is 5.41 Å². The van der Waals surface area contributed by atoms with Crippen LogP contribution in [0.15, 0.2) is 48.5 Å². The second kappa shape index (κ2) is 9.85. The molecule has 4 rings (SSSR count). The summed E-state index contributed by atoms with van der Waals surface area (Å²) in [6, 6.07) is 15.3. The molecule has 1 unspecified atom stereocenters. The molecule has 1 aliphatic heterocycles. The average Bonchev–Trinajstić information content (AvgIpc) is 3.15. The van der Waals surface area contributed by atoms with Gasteiger partial charge in [-0.25, -0.2) is 9.59 Å². The van der Waals surface area contributed by atoms with Gasteiger partial charge in [0, 0.05) is 25.4 Å². The van der Waals surface area contributed by atoms with Gasteiger partial charge in [-0.05, 0) is 27.7 Å². The van der Waals surface area contributed by atoms with Gasteiger partial charge in [-0.2, -0.15) is 0 Å². The molecule has 2 aromatic carbocycles. The predicted octanol–water partition coefficient (Wildman–Crippen LogP) is 3.25. The molecule has 180 valence electrons. The zero-order chi connectivity index (χ0) is 24.3. The van der Waals surface area contributed by atoms with Crippen LogP contribution in [0.25, 0.3) is 11.1 Å². The lowest BCUT2D eigenvalue weighted by Gasteiger charge is -2.35. The molecule has 1 fully saturated rings. The minimum absolute atomic E-state index is 0.0144. The van der Waals surface area contributed by atoms with Gasteiger partial charge in [0.2, 0.25) is 5.91 Å². The summed E-state index contributed by atoms with van der Waals surface area (Å²) in [4.78, 5) is 38.0. The third-order valence-electron chi connectivity index (χ3n) is 6.42. The van der Waals surface area contributed by atoms with Crippen molar-refractivity contribution in [2.45, 2.75) is 32.2 Å². The van der Waals surface area contributed by atoms with Crippen LogP contribution in [-0.4, -0.2) is 66.9 Å². The number of carbonyl (C=O) groups is 3. The second-order valence-corrected chi connectivity index (χ2v) is 9.54. The third-order valence-corrected chi connectivity index (χ3v) is 6.42. The SMILES string of the molecule is CC(C)(CNC(=O)OCC1c2ccccc2-c2ccccc21)CC(=O)N1CCOCC1C(=O)O. The van der Waals surface area contributed by atoms with Crippen LogP contribution in [-0.2, 0) is 19.1 Å². The number of alkyl carbamates (subject to hydrolysis) is 1. The summed E-state index contributed by atoms with van der Waals surface area (Å²) >= 11 is 0. The number of rotatable bonds is 7. The van der Waals surface area contributed by atoms with Crippen molar-refractivity contribution in [3.63, 3.8) is 0 Å². The molecule has 1 aliphatic carbocycles. The fourth-order valence-electron chi connectivity index (χ4n) is 4.64. The van der Waals surface area contributed by atoms with Crippen molar-refractivity contribution in [2.75, 3.05) is 32.9 Å². The van der Waals surface area contributed by atoms with E-state index in [9.17, 15) is 19.5 Å². The Morgan fingerprint density at radius 3 is 2.32 bits per heavy atom. The highest BCUT2D eigenvalue weighted by Crippen LogP contribution is 2.44. The zero-order valence-corrected chi connectivity index (χ0v) is 19.5. The molecule has 8 nitrogen and oxygen atoms in total. The largest absolute Gasteiger partial charge is 0.480 e. The maximum atomic E-state index is 12.8. The normalized spacial score (nSPS) is 17.6. The monoisotopic (exact) mass is 466 g/mol. The number of nitrogens with zero attached hydrogens (tertiary/aromatic N) is 1. The maximum absolute atomic E-state index is 12.8. The molecular weight excluding hydrogens is 436 g/mol. The summed E-state index contributed by atoms with van der Waals surface area (Å²) in [7, 11) is 0. The lowest BCUT2D eigenvalue weighted by Crippen LogP contribution is -2.53. The van der Waals surface area contributed by atoms with Crippen molar-refractivity contribution >= 4 is 18.0 Å². The van der Waals surface area contributed by atoms with Crippen LogP contribution >= 0.6 is 0 Å². The van der Waals surface area contributed by atoms with Crippen molar-refractivity contribution in [3.05, 3.63) is 59.7 Å². The number of nitrogens with one attached hydrogen (secondary N) is 1. The van der Waals surface area contributed by atoms with Gasteiger partial charge in [0.25, 0.3) is 0 Å². The number of hydrogen-bond donors (Lipinski definition) is 2. The molecule has 1 atom stereocenters. The first-order valence-electron chi connectivity index (χ1n) is 11.5. The summed E-state index contributed by atoms with van der Waals surface area (Å²) in [5.41, 5.74) is 4.02. The molecule has 0 aromatic heterocycles. The standard InChI is InChI=1S/C26H30N2O6/c1-26(2,13-23(29)28-11-12-33-15-22(28)24(30)31)16-27-25(32)34-14-21-19-9-5-3-7-17(19)18-8-4-6-10-20(18)21/h3-10,21-22H,11-16H2,1-2H3,(H,27,32)(H,30,31). The van der Waals surface area contributed by atoms with Crippen LogP contribution in [0.2, 0.25) is 0 Å². The van der Waals surface area contributed by atoms with E-state index < -0.39 is 23.5 Å². The number of carboxylic acid groups (broad SMARTS) is 1. The molecule has 1 heterocycles. The van der Waals surface area contributed by atoms with E-state index in [4.69, 9.17) is 9.47 Å². The molecule has 2 amide bonds. The minimum atomic E-state index is -1.08. The van der Waals surface area contributed by atoms with Gasteiger partial charge in [-0.1, -0.05) is 62.4 Å². The highest BCUT2D eigenvalue weighted by molar-refractivity contribution is 5.84. The molecular formula is C26H30N2O6. The first-order chi connectivity index (χ1) is 16.3. The number of ether oxygens (including phenoxy) is 2. The van der Waals surface area contributed by atoms with Gasteiger partial charge < -0.3 is 24.8 Å². The van der Waals surface area contributed by atoms with Crippen LogP contribution in [0.4, 0.5) is 4.79 Å². The summed E-state index contributed by atoms with van der Waals surface area (Å²) in [6.07, 6.45) is -0.447. The smallest absolute Gasteiger partial charge is 0.407 e. The quantitative estimate of drug-likeness (QED) is 0.649. The van der Waals surface area contributed by atoms with E-state index in [1.165, 1.54) is 4.90 Å². The van der Waals surface area contributed by atoms with Gasteiger partial charge in [-0.3, -0.25) is 4.79 Å². The number of carboxylic acids is 1. The Morgan fingerprint density at radius 1 is 1.09 bits per heavy atom. The highest BCUT2D eigenvalue weighted by atomic mass is 16.5. The number of amides is 2. The molecule has 34 heavy (non-hydrogen) atoms. The van der Waals surface area contributed by atoms with Gasteiger partial charge in [0.05, 0.1) is 13.2 Å². The number of benzene rings is 2. The van der Waals surface area contributed by atoms with Crippen molar-refractivity contribution in [3.8, 4) is 11.1 Å². The van der Waals surface area contributed by atoms with Gasteiger partial charge in [-0.15, -0.1) is 0 Å². The van der Waals surface area contributed by atoms with E-state index in [1.807, 2.05) is 38.1 Å². The zero-order valence-electron chi connectivity index (χ0n) is 19.5. The fourth-order valence-corrected chi connectivity index (χ4v) is 4.64. The lowest BCUT2D eigenvalue weighted by molar-refractivity contribution is -0.159. The Kier molecular flexibility index (Phi) is 6.88. The fraction of sp³-hybridized carbons (Fsp3) is 0.423. The highest BCUT2D eigenvalue weighted by Gasteiger charge is 2.35. The molecule has 0 saturated carbocycles. The number of morpholine rings is 1. The summed E-state index contributed by atoms with van der Waals surface area (Å²) in [6.45, 7) is 4.68. The molecule has 0 spiro atoms. The third kappa shape index (κ3) is 5.07. The molecule has 2 aromatic rings. The summed E-state index contributed by atoms with van der Waals surface area (Å²) in [5, 5.41) is 12.1. The number of hydrogen-bond acceptors (Lipinski definition) is 5. The maximum Gasteiger partial charge on any atom is 0.407 e. The van der Waals surface area contributed by atoms with E-state index in [0.717, 1.165) is 22.3 Å². The Morgan fingerprint density at radius 2 is 1.71 bits per heavy atom. The van der Waals surface area contributed by atoms with Crippen LogP contribution in [0, 0.1) is 5.41 Å². The predicted molar refractivity (Wildman–Crippen MR) is 125 cm³/mol. The molecule has 0 radical (unpaired) electrons. The Labute approximate surface area is 198 Å². The molecule has 2 aliphatic rings. The van der Waals surface area contributed by atoms with Gasteiger partial charge in [0.1, 0.15) is 6.61 Å². The van der Waals surface area contributed by atoms with E-state index in [2.05, 4.69) is 29.6 Å². The summed E-state index contributed by atoms with van der Waals surface area (Å²) in [5.74, 6) is -1.38. The Balaban J connectivity index is 1.31. The molecule has 1 saturated heterocycles. The molecule has 2 N–H and O–H groups in total. The number of fused-ring (bicyclic) bond motifs is 3. The van der Waals surface area contributed by atoms with E-state index >= 15 is 0 Å². The van der Waals surface area contributed by atoms with Crippen molar-refractivity contribution in [1.82, 2.24) is 10.2 Å². The number of carbonyl (C=O) groups excluding carboxylic acids is 2. The van der Waals surface area contributed by atoms with E-state index in [-0.39, 0.29) is 44.5 Å².